The van der Waals surface area contributed by atoms with E-state index in [1.165, 1.54) is 7.11 Å². The minimum Gasteiger partial charge on any atom is -0.506 e. The van der Waals surface area contributed by atoms with Gasteiger partial charge in [0.05, 0.1) is 24.7 Å². The third-order valence-electron chi connectivity index (χ3n) is 7.81. The lowest BCUT2D eigenvalue weighted by Crippen LogP contribution is -2.67. The van der Waals surface area contributed by atoms with E-state index in [2.05, 4.69) is 0 Å². The second kappa shape index (κ2) is 5.55. The first kappa shape index (κ1) is 19.1. The highest BCUT2D eigenvalue weighted by molar-refractivity contribution is 6.11. The van der Waals surface area contributed by atoms with Crippen molar-refractivity contribution in [2.75, 3.05) is 20.3 Å². The number of hydrogen-bond acceptors (Lipinski definition) is 9. The molecule has 2 bridgehead atoms. The van der Waals surface area contributed by atoms with Crippen LogP contribution in [-0.2, 0) is 20.6 Å². The Kier molecular flexibility index (Phi) is 3.31. The maximum Gasteiger partial charge on any atom is 0.274 e. The van der Waals surface area contributed by atoms with Crippen LogP contribution in [0, 0.1) is 6.92 Å². The summed E-state index contributed by atoms with van der Waals surface area (Å²) >= 11 is 0. The van der Waals surface area contributed by atoms with E-state index in [9.17, 15) is 20.1 Å². The summed E-state index contributed by atoms with van der Waals surface area (Å²) in [5.74, 6) is -3.06. The van der Waals surface area contributed by atoms with Gasteiger partial charge in [0.1, 0.15) is 30.0 Å². The van der Waals surface area contributed by atoms with Gasteiger partial charge in [0.25, 0.3) is 5.79 Å². The van der Waals surface area contributed by atoms with E-state index >= 15 is 0 Å². The van der Waals surface area contributed by atoms with E-state index in [1.807, 2.05) is 13.0 Å². The summed E-state index contributed by atoms with van der Waals surface area (Å²) < 4.78 is 29.7. The van der Waals surface area contributed by atoms with Crippen LogP contribution in [0.15, 0.2) is 6.07 Å². The molecule has 32 heavy (non-hydrogen) atoms. The molecule has 1 spiro atoms. The van der Waals surface area contributed by atoms with Crippen LogP contribution >= 0.6 is 0 Å². The van der Waals surface area contributed by atoms with Gasteiger partial charge in [-0.15, -0.1) is 0 Å². The van der Waals surface area contributed by atoms with Gasteiger partial charge in [-0.2, -0.15) is 0 Å². The van der Waals surface area contributed by atoms with Crippen molar-refractivity contribution in [2.45, 2.75) is 55.6 Å². The fourth-order valence-corrected chi connectivity index (χ4v) is 6.29. The molecule has 9 heteroatoms. The van der Waals surface area contributed by atoms with Crippen LogP contribution in [0.2, 0.25) is 0 Å². The number of carbonyl (C=O) groups is 1. The Balaban J connectivity index is 1.57. The molecule has 7 rings (SSSR count). The normalized spacial score (nSPS) is 38.1. The number of Topliss-reactive ketones (excluding diaryl/α,β-unsaturated/α-hetero) is 1. The SMILES string of the molecule is COc1c2c(c(O)c3c4c(c(C)cc13)C1O[C@]3(CO)O[C@H]1[C@@](O)(O4)[C@@]31CO1)C(=O)CCC2. The number of carbonyl (C=O) groups excluding carboxylic acids is 1. The smallest absolute Gasteiger partial charge is 0.274 e. The third kappa shape index (κ3) is 1.78. The quantitative estimate of drug-likeness (QED) is 0.591. The number of rotatable bonds is 2. The summed E-state index contributed by atoms with van der Waals surface area (Å²) in [6, 6.07) is 1.87. The number of benzene rings is 2. The summed E-state index contributed by atoms with van der Waals surface area (Å²) in [6.45, 7) is 1.46. The summed E-state index contributed by atoms with van der Waals surface area (Å²) in [5.41, 5.74) is 0.940. The Bertz CT molecular complexity index is 1250. The van der Waals surface area contributed by atoms with Crippen molar-refractivity contribution in [1.82, 2.24) is 0 Å². The van der Waals surface area contributed by atoms with Crippen LogP contribution in [0.25, 0.3) is 10.8 Å². The Morgan fingerprint density at radius 3 is 2.75 bits per heavy atom. The van der Waals surface area contributed by atoms with E-state index in [0.717, 1.165) is 5.56 Å². The number of aromatic hydroxyl groups is 1. The molecule has 1 unspecified atom stereocenters. The van der Waals surface area contributed by atoms with Crippen LogP contribution in [-0.4, -0.2) is 64.7 Å². The summed E-state index contributed by atoms with van der Waals surface area (Å²) in [7, 11) is 1.53. The van der Waals surface area contributed by atoms with Crippen LogP contribution in [0.5, 0.6) is 17.2 Å². The molecule has 2 aromatic carbocycles. The average Bonchev–Trinajstić information content (AvgIpc) is 3.44. The number of ether oxygens (including phenoxy) is 5. The Morgan fingerprint density at radius 1 is 1.28 bits per heavy atom. The third-order valence-corrected chi connectivity index (χ3v) is 7.81. The largest absolute Gasteiger partial charge is 0.506 e. The van der Waals surface area contributed by atoms with E-state index < -0.39 is 36.0 Å². The fraction of sp³-hybridized carbons (Fsp3) is 0.522. The molecular formula is C23H22O9. The van der Waals surface area contributed by atoms with Crippen molar-refractivity contribution < 1.29 is 43.8 Å². The van der Waals surface area contributed by atoms with E-state index in [0.29, 0.717) is 41.5 Å². The number of phenols is 1. The van der Waals surface area contributed by atoms with Gasteiger partial charge in [0.2, 0.25) is 11.4 Å². The lowest BCUT2D eigenvalue weighted by molar-refractivity contribution is -0.285. The molecule has 1 aliphatic carbocycles. The van der Waals surface area contributed by atoms with Crippen LogP contribution in [0.3, 0.4) is 0 Å². The zero-order chi connectivity index (χ0) is 22.2. The van der Waals surface area contributed by atoms with E-state index in [1.54, 1.807) is 0 Å². The lowest BCUT2D eigenvalue weighted by Gasteiger charge is -2.46. The van der Waals surface area contributed by atoms with Crippen molar-refractivity contribution in [2.24, 2.45) is 0 Å². The lowest BCUT2D eigenvalue weighted by atomic mass is 9.78. The maximum atomic E-state index is 12.8. The molecule has 168 valence electrons. The minimum absolute atomic E-state index is 0.0928. The summed E-state index contributed by atoms with van der Waals surface area (Å²) in [5, 5.41) is 33.9. The number of ketones is 1. The molecule has 2 aromatic rings. The number of epoxide rings is 1. The van der Waals surface area contributed by atoms with Crippen LogP contribution < -0.4 is 9.47 Å². The highest BCUT2D eigenvalue weighted by Gasteiger charge is 2.90. The molecule has 4 aliphatic heterocycles. The number of aliphatic hydroxyl groups is 2. The van der Waals surface area contributed by atoms with Crippen LogP contribution in [0.1, 0.15) is 46.0 Å². The maximum absolute atomic E-state index is 12.8. The van der Waals surface area contributed by atoms with Gasteiger partial charge in [-0.3, -0.25) is 4.79 Å². The van der Waals surface area contributed by atoms with Crippen molar-refractivity contribution in [3.8, 4) is 17.2 Å². The van der Waals surface area contributed by atoms with Crippen molar-refractivity contribution in [1.29, 1.82) is 0 Å². The highest BCUT2D eigenvalue weighted by atomic mass is 16.9. The van der Waals surface area contributed by atoms with Crippen molar-refractivity contribution >= 4 is 16.6 Å². The first-order chi connectivity index (χ1) is 15.3. The first-order valence-corrected chi connectivity index (χ1v) is 10.8. The standard InChI is InChI=1S/C23H22O9/c1-9-6-11-15(16(26)14-10(17(11)28-2)4-3-5-12(14)25)18-13(9)19-20-23(27,31-18)21(8-29-21)22(7-24,30-19)32-20/h6,19-20,24,26-27H,3-5,7-8H2,1-2H3/t19?,20-,21-,22-,23-/m1/s1. The molecule has 5 atom stereocenters. The highest BCUT2D eigenvalue weighted by Crippen LogP contribution is 2.69. The summed E-state index contributed by atoms with van der Waals surface area (Å²) in [4.78, 5) is 12.8. The number of aliphatic hydroxyl groups excluding tert-OH is 1. The molecule has 3 N–H and O–H groups in total. The van der Waals surface area contributed by atoms with E-state index in [-0.39, 0.29) is 34.8 Å². The van der Waals surface area contributed by atoms with Gasteiger partial charge in [0, 0.05) is 22.9 Å². The average molecular weight is 442 g/mol. The number of phenolic OH excluding ortho intramolecular Hbond substituents is 1. The van der Waals surface area contributed by atoms with Gasteiger partial charge in [-0.1, -0.05) is 0 Å². The van der Waals surface area contributed by atoms with Gasteiger partial charge < -0.3 is 39.0 Å². The number of aryl methyl sites for hydroxylation is 1. The molecule has 3 saturated heterocycles. The molecular weight excluding hydrogens is 420 g/mol. The first-order valence-electron chi connectivity index (χ1n) is 10.8. The molecule has 9 nitrogen and oxygen atoms in total. The van der Waals surface area contributed by atoms with Gasteiger partial charge in [-0.05, 0) is 31.4 Å². The number of fused-ring (bicyclic) bond motifs is 8. The Morgan fingerprint density at radius 2 is 2.06 bits per heavy atom. The molecule has 0 saturated carbocycles. The zero-order valence-electron chi connectivity index (χ0n) is 17.6. The van der Waals surface area contributed by atoms with Crippen molar-refractivity contribution in [3.63, 3.8) is 0 Å². The molecule has 0 aromatic heterocycles. The fourth-order valence-electron chi connectivity index (χ4n) is 6.29. The molecule has 0 radical (unpaired) electrons. The Labute approximate surface area is 182 Å². The topological polar surface area (TPSA) is 127 Å². The van der Waals surface area contributed by atoms with Crippen LogP contribution in [0.4, 0.5) is 0 Å². The monoisotopic (exact) mass is 442 g/mol. The summed E-state index contributed by atoms with van der Waals surface area (Å²) in [6.07, 6.45) is -0.0140. The minimum atomic E-state index is -1.92. The van der Waals surface area contributed by atoms with Gasteiger partial charge >= 0.3 is 0 Å². The predicted molar refractivity (Wildman–Crippen MR) is 107 cm³/mol. The molecule has 5 aliphatic rings. The van der Waals surface area contributed by atoms with Crippen molar-refractivity contribution in [3.05, 3.63) is 28.3 Å². The Hall–Kier alpha value is -2.43. The zero-order valence-corrected chi connectivity index (χ0v) is 17.6. The second-order valence-corrected chi connectivity index (χ2v) is 9.27. The number of methoxy groups -OCH3 is 1. The predicted octanol–water partition coefficient (Wildman–Crippen LogP) is 1.39. The second-order valence-electron chi connectivity index (χ2n) is 9.27. The van der Waals surface area contributed by atoms with Gasteiger partial charge in [0.15, 0.2) is 11.9 Å². The van der Waals surface area contributed by atoms with E-state index in [4.69, 9.17) is 23.7 Å². The molecule has 3 fully saturated rings. The number of hydrogen-bond donors (Lipinski definition) is 3. The molecule has 4 heterocycles. The molecule has 0 amide bonds. The van der Waals surface area contributed by atoms with Gasteiger partial charge in [-0.25, -0.2) is 0 Å².